The van der Waals surface area contributed by atoms with Gasteiger partial charge in [-0.05, 0) is 12.3 Å². The number of nitrogens with zero attached hydrogens (tertiary/aromatic N) is 4. The summed E-state index contributed by atoms with van der Waals surface area (Å²) in [6.45, 7) is 0.0709. The summed E-state index contributed by atoms with van der Waals surface area (Å²) in [7, 11) is 0. The van der Waals surface area contributed by atoms with Gasteiger partial charge in [-0.1, -0.05) is 0 Å². The minimum Gasteiger partial charge on any atom is -0.394 e. The molecule has 2 fully saturated rings. The number of hydrogen-bond acceptors (Lipinski definition) is 6. The van der Waals surface area contributed by atoms with Gasteiger partial charge in [0.2, 0.25) is 0 Å². The number of fused-ring (bicyclic) bond motifs is 2. The average Bonchev–Trinajstić information content (AvgIpc) is 2.91. The molecule has 2 unspecified atom stereocenters. The molecule has 1 saturated carbocycles. The molecule has 7 nitrogen and oxygen atoms in total. The highest BCUT2D eigenvalue weighted by atomic mass is 16.5. The van der Waals surface area contributed by atoms with Crippen molar-refractivity contribution in [2.75, 3.05) is 12.3 Å². The van der Waals surface area contributed by atoms with Gasteiger partial charge in [-0.15, -0.1) is 0 Å². The number of rotatable bonds is 2. The molecule has 0 radical (unpaired) electrons. The first kappa shape index (κ1) is 10.2. The van der Waals surface area contributed by atoms with Crippen LogP contribution in [0.5, 0.6) is 0 Å². The maximum absolute atomic E-state index is 9.24. The molecule has 0 aromatic carbocycles. The van der Waals surface area contributed by atoms with E-state index in [1.165, 1.54) is 6.33 Å². The number of aromatic nitrogens is 4. The molecule has 7 heteroatoms. The van der Waals surface area contributed by atoms with E-state index in [1.807, 2.05) is 4.57 Å². The zero-order valence-corrected chi connectivity index (χ0v) is 9.60. The van der Waals surface area contributed by atoms with Crippen LogP contribution in [0.25, 0.3) is 11.2 Å². The molecule has 2 aliphatic rings. The van der Waals surface area contributed by atoms with E-state index >= 15 is 0 Å². The Morgan fingerprint density at radius 2 is 2.28 bits per heavy atom. The maximum Gasteiger partial charge on any atom is 0.167 e. The molecular weight excluding hydrogens is 234 g/mol. The van der Waals surface area contributed by atoms with Crippen LogP contribution in [0, 0.1) is 11.8 Å². The van der Waals surface area contributed by atoms with Crippen LogP contribution in [0.3, 0.4) is 0 Å². The van der Waals surface area contributed by atoms with Gasteiger partial charge in [-0.3, -0.25) is 4.57 Å². The molecule has 2 aromatic heterocycles. The molecule has 94 valence electrons. The van der Waals surface area contributed by atoms with Gasteiger partial charge in [0.15, 0.2) is 11.5 Å². The van der Waals surface area contributed by atoms with E-state index < -0.39 is 0 Å². The molecule has 0 spiro atoms. The van der Waals surface area contributed by atoms with Crippen molar-refractivity contribution in [3.05, 3.63) is 12.7 Å². The predicted octanol–water partition coefficient (Wildman–Crippen LogP) is -0.0657. The van der Waals surface area contributed by atoms with Crippen molar-refractivity contribution in [1.82, 2.24) is 19.5 Å². The van der Waals surface area contributed by atoms with Gasteiger partial charge in [-0.2, -0.15) is 0 Å². The molecule has 18 heavy (non-hydrogen) atoms. The summed E-state index contributed by atoms with van der Waals surface area (Å²) in [6, 6.07) is 0. The largest absolute Gasteiger partial charge is 0.394 e. The third-order valence-corrected chi connectivity index (χ3v) is 3.89. The highest BCUT2D eigenvalue weighted by Gasteiger charge is 2.56. The summed E-state index contributed by atoms with van der Waals surface area (Å²) in [5, 5.41) is 9.24. The number of imidazole rings is 1. The third-order valence-electron chi connectivity index (χ3n) is 3.89. The fourth-order valence-electron chi connectivity index (χ4n) is 2.88. The fraction of sp³-hybridized carbons (Fsp3) is 0.545. The first-order valence-electron chi connectivity index (χ1n) is 5.99. The zero-order valence-electron chi connectivity index (χ0n) is 9.60. The highest BCUT2D eigenvalue weighted by Crippen LogP contribution is 2.56. The minimum atomic E-state index is -0.0913. The standard InChI is InChI=1S/C11H13N5O2/c12-9-8-10(14-3-13-9)16(4-15-8)11-6-1-5(6)7(2-17)18-11/h3-7,11,17H,1-2H2,(H2,12,13,14)/t5?,6?,7-,11-/m1/s1. The van der Waals surface area contributed by atoms with Crippen LogP contribution in [0.1, 0.15) is 12.6 Å². The maximum atomic E-state index is 9.24. The van der Waals surface area contributed by atoms with Crippen molar-refractivity contribution >= 4 is 17.0 Å². The molecule has 4 atom stereocenters. The number of aliphatic hydroxyl groups is 1. The number of nitrogens with two attached hydrogens (primary N) is 1. The second-order valence-electron chi connectivity index (χ2n) is 4.89. The average molecular weight is 247 g/mol. The van der Waals surface area contributed by atoms with E-state index in [0.717, 1.165) is 6.42 Å². The van der Waals surface area contributed by atoms with Crippen LogP contribution in [-0.2, 0) is 4.74 Å². The summed E-state index contributed by atoms with van der Waals surface area (Å²) < 4.78 is 7.73. The van der Waals surface area contributed by atoms with Gasteiger partial charge in [0, 0.05) is 5.92 Å². The normalized spacial score (nSPS) is 33.8. The molecule has 1 aliphatic heterocycles. The highest BCUT2D eigenvalue weighted by molar-refractivity contribution is 5.81. The van der Waals surface area contributed by atoms with Gasteiger partial charge in [-0.25, -0.2) is 15.0 Å². The van der Waals surface area contributed by atoms with Crippen molar-refractivity contribution in [2.45, 2.75) is 18.8 Å². The number of aliphatic hydroxyl groups excluding tert-OH is 1. The summed E-state index contributed by atoms with van der Waals surface area (Å²) in [5.74, 6) is 1.30. The van der Waals surface area contributed by atoms with E-state index in [0.29, 0.717) is 28.8 Å². The summed E-state index contributed by atoms with van der Waals surface area (Å²) >= 11 is 0. The van der Waals surface area contributed by atoms with E-state index in [-0.39, 0.29) is 18.9 Å². The van der Waals surface area contributed by atoms with Crippen LogP contribution in [-0.4, -0.2) is 37.3 Å². The molecule has 0 amide bonds. The topological polar surface area (TPSA) is 99.1 Å². The van der Waals surface area contributed by atoms with E-state index in [1.54, 1.807) is 6.33 Å². The SMILES string of the molecule is Nc1ncnc2c1ncn2[C@@H]1O[C@H](CO)C2CC21. The van der Waals surface area contributed by atoms with E-state index in [4.69, 9.17) is 10.5 Å². The second-order valence-corrected chi connectivity index (χ2v) is 4.89. The van der Waals surface area contributed by atoms with E-state index in [2.05, 4.69) is 15.0 Å². The lowest BCUT2D eigenvalue weighted by Crippen LogP contribution is -2.19. The summed E-state index contributed by atoms with van der Waals surface area (Å²) in [6.07, 6.45) is 4.06. The molecule has 3 heterocycles. The number of nitrogen functional groups attached to an aromatic ring is 1. The first-order valence-corrected chi connectivity index (χ1v) is 5.99. The van der Waals surface area contributed by atoms with Gasteiger partial charge in [0.05, 0.1) is 19.0 Å². The zero-order chi connectivity index (χ0) is 12.3. The van der Waals surface area contributed by atoms with Gasteiger partial charge in [0.1, 0.15) is 18.1 Å². The predicted molar refractivity (Wildman–Crippen MR) is 62.3 cm³/mol. The van der Waals surface area contributed by atoms with Crippen molar-refractivity contribution in [2.24, 2.45) is 11.8 Å². The van der Waals surface area contributed by atoms with Crippen molar-refractivity contribution in [1.29, 1.82) is 0 Å². The summed E-state index contributed by atoms with van der Waals surface area (Å²) in [4.78, 5) is 12.4. The van der Waals surface area contributed by atoms with Crippen molar-refractivity contribution in [3.63, 3.8) is 0 Å². The Bertz CT molecular complexity index is 612. The Morgan fingerprint density at radius 3 is 3.06 bits per heavy atom. The number of anilines is 1. The lowest BCUT2D eigenvalue weighted by atomic mass is 10.2. The van der Waals surface area contributed by atoms with E-state index in [9.17, 15) is 5.11 Å². The second kappa shape index (κ2) is 3.39. The molecule has 2 aromatic rings. The van der Waals surface area contributed by atoms with Crippen LogP contribution in [0.4, 0.5) is 5.82 Å². The minimum absolute atomic E-state index is 0.0587. The summed E-state index contributed by atoms with van der Waals surface area (Å²) in [5.41, 5.74) is 7.05. The van der Waals surface area contributed by atoms with Gasteiger partial charge >= 0.3 is 0 Å². The Labute approximate surface area is 103 Å². The lowest BCUT2D eigenvalue weighted by molar-refractivity contribution is -0.0479. The van der Waals surface area contributed by atoms with Crippen LogP contribution < -0.4 is 5.73 Å². The lowest BCUT2D eigenvalue weighted by Gasteiger charge is -2.17. The Morgan fingerprint density at radius 1 is 1.39 bits per heavy atom. The van der Waals surface area contributed by atoms with Crippen LogP contribution in [0.15, 0.2) is 12.7 Å². The Kier molecular flexibility index (Phi) is 1.93. The molecule has 0 bridgehead atoms. The quantitative estimate of drug-likeness (QED) is 0.771. The number of ether oxygens (including phenoxy) is 1. The van der Waals surface area contributed by atoms with Gasteiger partial charge in [0.25, 0.3) is 0 Å². The fourth-order valence-corrected chi connectivity index (χ4v) is 2.88. The van der Waals surface area contributed by atoms with Crippen molar-refractivity contribution in [3.8, 4) is 0 Å². The Balaban J connectivity index is 1.78. The van der Waals surface area contributed by atoms with Crippen LogP contribution >= 0.6 is 0 Å². The molecule has 3 N–H and O–H groups in total. The van der Waals surface area contributed by atoms with Crippen molar-refractivity contribution < 1.29 is 9.84 Å². The van der Waals surface area contributed by atoms with Crippen LogP contribution in [0.2, 0.25) is 0 Å². The first-order chi connectivity index (χ1) is 8.79. The third kappa shape index (κ3) is 1.23. The molecular formula is C11H13N5O2. The molecule has 4 rings (SSSR count). The van der Waals surface area contributed by atoms with Gasteiger partial charge < -0.3 is 15.6 Å². The smallest absolute Gasteiger partial charge is 0.167 e. The Hall–Kier alpha value is -1.73. The molecule has 1 aliphatic carbocycles. The number of hydrogen-bond donors (Lipinski definition) is 2. The monoisotopic (exact) mass is 247 g/mol. The molecule has 1 saturated heterocycles.